The van der Waals surface area contributed by atoms with Crippen LogP contribution in [0.1, 0.15) is 5.56 Å². The van der Waals surface area contributed by atoms with Crippen LogP contribution in [-0.4, -0.2) is 5.11 Å². The van der Waals surface area contributed by atoms with Crippen LogP contribution in [-0.2, 0) is 6.61 Å². The van der Waals surface area contributed by atoms with E-state index in [0.29, 0.717) is 0 Å². The zero-order valence-electron chi connectivity index (χ0n) is 6.62. The average Bonchev–Trinajstić information content (AvgIpc) is 2.53. The highest BCUT2D eigenvalue weighted by Crippen LogP contribution is 2.32. The first-order chi connectivity index (χ1) is 6.24. The Morgan fingerprint density at radius 2 is 2.31 bits per heavy atom. The normalized spacial score (nSPS) is 11.0. The fourth-order valence-corrected chi connectivity index (χ4v) is 3.77. The van der Waals surface area contributed by atoms with Crippen molar-refractivity contribution in [3.63, 3.8) is 0 Å². The van der Waals surface area contributed by atoms with Crippen molar-refractivity contribution in [2.24, 2.45) is 0 Å². The molecular formula is C9H7IOS2. The molecule has 0 atom stereocenters. The van der Waals surface area contributed by atoms with E-state index in [4.69, 9.17) is 5.11 Å². The van der Waals surface area contributed by atoms with Crippen molar-refractivity contribution in [2.75, 3.05) is 0 Å². The third kappa shape index (κ3) is 1.60. The molecule has 2 rings (SSSR count). The Kier molecular flexibility index (Phi) is 2.83. The topological polar surface area (TPSA) is 20.2 Å². The van der Waals surface area contributed by atoms with Gasteiger partial charge in [0.1, 0.15) is 0 Å². The third-order valence-electron chi connectivity index (χ3n) is 1.92. The van der Waals surface area contributed by atoms with Gasteiger partial charge in [-0.3, -0.25) is 0 Å². The van der Waals surface area contributed by atoms with Crippen LogP contribution in [0, 0.1) is 3.57 Å². The number of rotatable bonds is 1. The number of aliphatic hydroxyl groups excluding tert-OH is 1. The van der Waals surface area contributed by atoms with Crippen LogP contribution in [0.15, 0.2) is 22.4 Å². The monoisotopic (exact) mass is 322 g/mol. The third-order valence-corrected chi connectivity index (χ3v) is 4.82. The molecule has 0 bridgehead atoms. The van der Waals surface area contributed by atoms with E-state index in [0.717, 1.165) is 14.0 Å². The van der Waals surface area contributed by atoms with Crippen LogP contribution in [0.3, 0.4) is 0 Å². The molecule has 1 nitrogen and oxygen atoms in total. The molecular weight excluding hydrogens is 315 g/mol. The van der Waals surface area contributed by atoms with Crippen molar-refractivity contribution >= 4 is 56.6 Å². The number of halogens is 1. The van der Waals surface area contributed by atoms with Gasteiger partial charge in [-0.2, -0.15) is 0 Å². The van der Waals surface area contributed by atoms with E-state index in [1.807, 2.05) is 6.07 Å². The lowest BCUT2D eigenvalue weighted by atomic mass is 10.2. The van der Waals surface area contributed by atoms with Crippen molar-refractivity contribution in [1.82, 2.24) is 0 Å². The van der Waals surface area contributed by atoms with Crippen LogP contribution in [0.25, 0.3) is 10.1 Å². The summed E-state index contributed by atoms with van der Waals surface area (Å²) in [5.41, 5.74) is 0.930. The van der Waals surface area contributed by atoms with Gasteiger partial charge in [-0.05, 0) is 45.5 Å². The van der Waals surface area contributed by atoms with E-state index in [2.05, 4.69) is 46.7 Å². The maximum absolute atomic E-state index is 9.15. The molecule has 1 heterocycles. The lowest BCUT2D eigenvalue weighted by Gasteiger charge is -2.05. The summed E-state index contributed by atoms with van der Waals surface area (Å²) < 4.78 is 2.36. The molecule has 0 spiro atoms. The molecule has 1 aromatic heterocycles. The highest BCUT2D eigenvalue weighted by molar-refractivity contribution is 14.1. The zero-order chi connectivity index (χ0) is 9.42. The van der Waals surface area contributed by atoms with Crippen molar-refractivity contribution in [3.8, 4) is 0 Å². The van der Waals surface area contributed by atoms with E-state index in [-0.39, 0.29) is 6.61 Å². The van der Waals surface area contributed by atoms with Crippen LogP contribution in [0.2, 0.25) is 0 Å². The molecule has 0 aliphatic heterocycles. The van der Waals surface area contributed by atoms with Crippen molar-refractivity contribution < 1.29 is 5.11 Å². The van der Waals surface area contributed by atoms with Gasteiger partial charge in [-0.1, -0.05) is 0 Å². The van der Waals surface area contributed by atoms with Crippen molar-refractivity contribution in [1.29, 1.82) is 0 Å². The lowest BCUT2D eigenvalue weighted by molar-refractivity contribution is 0.278. The summed E-state index contributed by atoms with van der Waals surface area (Å²) in [5, 5.41) is 12.4. The first kappa shape index (κ1) is 9.76. The fraction of sp³-hybridized carbons (Fsp3) is 0.111. The van der Waals surface area contributed by atoms with Gasteiger partial charge in [0.25, 0.3) is 0 Å². The number of benzene rings is 1. The Labute approximate surface area is 99.3 Å². The van der Waals surface area contributed by atoms with Crippen LogP contribution < -0.4 is 0 Å². The summed E-state index contributed by atoms with van der Waals surface area (Å²) in [6.45, 7) is 0.0605. The summed E-state index contributed by atoms with van der Waals surface area (Å²) in [5.74, 6) is 0. The summed E-state index contributed by atoms with van der Waals surface area (Å²) in [4.78, 5) is 0.873. The minimum Gasteiger partial charge on any atom is -0.392 e. The zero-order valence-corrected chi connectivity index (χ0v) is 10.5. The minimum absolute atomic E-state index is 0.0605. The number of hydrogen-bond acceptors (Lipinski definition) is 3. The Hall–Kier alpha value is 0.220. The van der Waals surface area contributed by atoms with Gasteiger partial charge < -0.3 is 5.11 Å². The molecule has 1 aromatic carbocycles. The van der Waals surface area contributed by atoms with E-state index < -0.39 is 0 Å². The molecule has 0 saturated carbocycles. The average molecular weight is 322 g/mol. The summed E-state index contributed by atoms with van der Waals surface area (Å²) in [6.07, 6.45) is 0. The summed E-state index contributed by atoms with van der Waals surface area (Å²) in [6, 6.07) is 4.08. The molecule has 2 aromatic rings. The van der Waals surface area contributed by atoms with E-state index in [9.17, 15) is 0 Å². The second-order valence-corrected chi connectivity index (χ2v) is 5.16. The van der Waals surface area contributed by atoms with Crippen LogP contribution >= 0.6 is 46.6 Å². The second kappa shape index (κ2) is 3.76. The highest BCUT2D eigenvalue weighted by atomic mass is 127. The van der Waals surface area contributed by atoms with Crippen LogP contribution in [0.5, 0.6) is 0 Å². The predicted octanol–water partition coefficient (Wildman–Crippen LogP) is 3.29. The maximum atomic E-state index is 9.15. The van der Waals surface area contributed by atoms with E-state index in [1.54, 1.807) is 11.3 Å². The molecule has 0 amide bonds. The van der Waals surface area contributed by atoms with E-state index in [1.165, 1.54) is 10.1 Å². The summed E-state index contributed by atoms with van der Waals surface area (Å²) in [7, 11) is 0. The molecule has 0 radical (unpaired) electrons. The van der Waals surface area contributed by atoms with Gasteiger partial charge in [0.2, 0.25) is 0 Å². The molecule has 68 valence electrons. The number of aliphatic hydroxyl groups is 1. The minimum atomic E-state index is 0.0605. The van der Waals surface area contributed by atoms with Gasteiger partial charge in [-0.25, -0.2) is 0 Å². The first-order valence-corrected chi connectivity index (χ1v) is 6.13. The molecule has 0 aliphatic carbocycles. The highest BCUT2D eigenvalue weighted by Gasteiger charge is 2.08. The quantitative estimate of drug-likeness (QED) is 0.610. The molecule has 0 fully saturated rings. The lowest BCUT2D eigenvalue weighted by Crippen LogP contribution is -1.90. The number of fused-ring (bicyclic) bond motifs is 1. The largest absolute Gasteiger partial charge is 0.392 e. The van der Waals surface area contributed by atoms with Gasteiger partial charge >= 0.3 is 0 Å². The van der Waals surface area contributed by atoms with Crippen LogP contribution in [0.4, 0.5) is 0 Å². The maximum Gasteiger partial charge on any atom is 0.0703 e. The fourth-order valence-electron chi connectivity index (χ4n) is 1.25. The number of thiophene rings is 1. The predicted molar refractivity (Wildman–Crippen MR) is 67.7 cm³/mol. The summed E-state index contributed by atoms with van der Waals surface area (Å²) >= 11 is 8.30. The van der Waals surface area contributed by atoms with E-state index >= 15 is 0 Å². The van der Waals surface area contributed by atoms with Crippen molar-refractivity contribution in [3.05, 3.63) is 26.6 Å². The smallest absolute Gasteiger partial charge is 0.0703 e. The standard InChI is InChI=1S/C9H7IOS2/c10-8-6(4-11)7(12)3-5-1-2-13-9(5)8/h1-3,11-12H,4H2. The van der Waals surface area contributed by atoms with Gasteiger partial charge in [0.05, 0.1) is 6.61 Å². The molecule has 0 unspecified atom stereocenters. The van der Waals surface area contributed by atoms with Gasteiger partial charge in [0, 0.05) is 18.7 Å². The number of hydrogen-bond donors (Lipinski definition) is 2. The molecule has 0 saturated heterocycles. The number of thiol groups is 1. The SMILES string of the molecule is OCc1c(S)cc2ccsc2c1I. The van der Waals surface area contributed by atoms with Gasteiger partial charge in [-0.15, -0.1) is 24.0 Å². The Morgan fingerprint density at radius 3 is 3.00 bits per heavy atom. The second-order valence-electron chi connectivity index (χ2n) is 2.69. The molecule has 13 heavy (non-hydrogen) atoms. The van der Waals surface area contributed by atoms with Crippen molar-refractivity contribution in [2.45, 2.75) is 11.5 Å². The molecule has 1 N–H and O–H groups in total. The molecule has 4 heteroatoms. The first-order valence-electron chi connectivity index (χ1n) is 3.72. The molecule has 0 aliphatic rings. The Balaban J connectivity index is 2.85. The van der Waals surface area contributed by atoms with Gasteiger partial charge in [0.15, 0.2) is 0 Å². The Bertz CT molecular complexity index is 450. The Morgan fingerprint density at radius 1 is 1.54 bits per heavy atom.